The van der Waals surface area contributed by atoms with Crippen LogP contribution in [0, 0.1) is 6.92 Å². The van der Waals surface area contributed by atoms with Crippen LogP contribution in [0.2, 0.25) is 0 Å². The van der Waals surface area contributed by atoms with E-state index < -0.39 is 6.36 Å². The fraction of sp³-hybridized carbons (Fsp3) is 0.400. The number of nitrogens with one attached hydrogen (secondary N) is 1. The van der Waals surface area contributed by atoms with Gasteiger partial charge < -0.3 is 15.3 Å². The molecule has 6 nitrogen and oxygen atoms in total. The largest absolute Gasteiger partial charge is 0.519 e. The highest BCUT2D eigenvalue weighted by Gasteiger charge is 2.20. The van der Waals surface area contributed by atoms with Crippen molar-refractivity contribution in [3.63, 3.8) is 0 Å². The number of halogens is 3. The average molecular weight is 342 g/mol. The number of aliphatic hydroxyl groups is 1. The molecule has 0 saturated carbocycles. The molecule has 1 aromatic heterocycles. The van der Waals surface area contributed by atoms with Crippen LogP contribution in [0.25, 0.3) is 10.9 Å². The molecule has 1 amide bonds. The molecule has 0 bridgehead atoms. The minimum Gasteiger partial charge on any atom is -0.360 e. The van der Waals surface area contributed by atoms with Crippen molar-refractivity contribution in [2.24, 2.45) is 0 Å². The van der Waals surface area contributed by atoms with E-state index in [1.54, 1.807) is 0 Å². The quantitative estimate of drug-likeness (QED) is 0.893. The number of carbonyl (C=O) groups is 1. The zero-order valence-corrected chi connectivity index (χ0v) is 13.0. The summed E-state index contributed by atoms with van der Waals surface area (Å²) in [5.74, 6) is 0.851. The molecule has 0 unspecified atom stereocenters. The highest BCUT2D eigenvalue weighted by molar-refractivity contribution is 5.91. The molecule has 0 spiro atoms. The van der Waals surface area contributed by atoms with E-state index in [2.05, 4.69) is 15.3 Å². The maximum Gasteiger partial charge on any atom is 0.519 e. The molecule has 0 aliphatic carbocycles. The lowest BCUT2D eigenvalue weighted by molar-refractivity contribution is -0.295. The summed E-state index contributed by atoms with van der Waals surface area (Å²) in [6.45, 7) is 4.08. The second-order valence-corrected chi connectivity index (χ2v) is 5.30. The molecule has 1 aliphatic heterocycles. The summed E-state index contributed by atoms with van der Waals surface area (Å²) < 4.78 is 29.7. The number of hydrogen-bond donors (Lipinski definition) is 2. The number of aromatic nitrogens is 2. The Morgan fingerprint density at radius 2 is 2.00 bits per heavy atom. The first-order valence-corrected chi connectivity index (χ1v) is 7.26. The average Bonchev–Trinajstić information content (AvgIpc) is 2.41. The van der Waals surface area contributed by atoms with Crippen molar-refractivity contribution in [1.82, 2.24) is 14.9 Å². The fourth-order valence-electron chi connectivity index (χ4n) is 2.14. The van der Waals surface area contributed by atoms with Gasteiger partial charge in [0.25, 0.3) is 0 Å². The van der Waals surface area contributed by atoms with Crippen molar-refractivity contribution >= 4 is 22.6 Å². The minimum absolute atomic E-state index is 0.130. The number of benzene rings is 1. The lowest BCUT2D eigenvalue weighted by Crippen LogP contribution is -2.44. The molecule has 3 rings (SSSR count). The molecule has 1 saturated heterocycles. The third-order valence-electron chi connectivity index (χ3n) is 3.41. The number of fused-ring (bicyclic) bond motifs is 1. The van der Waals surface area contributed by atoms with E-state index in [4.69, 9.17) is 5.11 Å². The van der Waals surface area contributed by atoms with Gasteiger partial charge in [0, 0.05) is 18.5 Å². The van der Waals surface area contributed by atoms with Crippen LogP contribution in [0.15, 0.2) is 24.5 Å². The van der Waals surface area contributed by atoms with Gasteiger partial charge in [-0.3, -0.25) is 4.79 Å². The Bertz CT molecular complexity index is 711. The predicted octanol–water partition coefficient (Wildman–Crippen LogP) is 2.08. The number of anilines is 1. The first kappa shape index (κ1) is 17.9. The van der Waals surface area contributed by atoms with Gasteiger partial charge in [-0.1, -0.05) is 6.07 Å². The van der Waals surface area contributed by atoms with Crippen molar-refractivity contribution in [2.75, 3.05) is 25.0 Å². The summed E-state index contributed by atoms with van der Waals surface area (Å²) in [7, 11) is 0. The lowest BCUT2D eigenvalue weighted by Gasteiger charge is -2.31. The Morgan fingerprint density at radius 3 is 2.58 bits per heavy atom. The number of amides is 1. The molecule has 1 fully saturated rings. The minimum atomic E-state index is -5.00. The zero-order valence-electron chi connectivity index (χ0n) is 13.0. The molecule has 9 heteroatoms. The van der Waals surface area contributed by atoms with Crippen LogP contribution in [-0.4, -0.2) is 51.9 Å². The fourth-order valence-corrected chi connectivity index (χ4v) is 2.14. The van der Waals surface area contributed by atoms with E-state index >= 15 is 0 Å². The van der Waals surface area contributed by atoms with Gasteiger partial charge in [0.1, 0.15) is 12.1 Å². The van der Waals surface area contributed by atoms with E-state index in [0.29, 0.717) is 6.54 Å². The second kappa shape index (κ2) is 7.43. The molecule has 2 heterocycles. The monoisotopic (exact) mass is 342 g/mol. The van der Waals surface area contributed by atoms with Gasteiger partial charge >= 0.3 is 6.36 Å². The topological polar surface area (TPSA) is 78.4 Å². The second-order valence-electron chi connectivity index (χ2n) is 5.30. The molecule has 2 N–H and O–H groups in total. The van der Waals surface area contributed by atoms with Crippen LogP contribution >= 0.6 is 0 Å². The van der Waals surface area contributed by atoms with Crippen LogP contribution in [0.5, 0.6) is 0 Å². The third-order valence-corrected chi connectivity index (χ3v) is 3.41. The molecule has 1 aromatic carbocycles. The smallest absolute Gasteiger partial charge is 0.360 e. The van der Waals surface area contributed by atoms with Crippen LogP contribution in [0.1, 0.15) is 12.0 Å². The number of aryl methyl sites for hydroxylation is 1. The molecule has 0 atom stereocenters. The Kier molecular flexibility index (Phi) is 5.55. The van der Waals surface area contributed by atoms with Gasteiger partial charge in [0.05, 0.1) is 12.1 Å². The maximum atomic E-state index is 11.8. The third kappa shape index (κ3) is 5.34. The van der Waals surface area contributed by atoms with Gasteiger partial charge in [-0.2, -0.15) is 0 Å². The summed E-state index contributed by atoms with van der Waals surface area (Å²) in [6.07, 6.45) is -2.36. The summed E-state index contributed by atoms with van der Waals surface area (Å²) in [4.78, 5) is 22.1. The molecule has 2 aromatic rings. The number of alkyl halides is 3. The standard InChI is InChI=1S/C14H16N4O.CHF3O/c1-10-3-4-11-12(7-10)16-9-17-14(11)15-8-13(19)18-5-2-6-18;2-1(3,4)5/h3-4,7,9H,2,5-6,8H2,1H3,(H,15,16,17);5H. The van der Waals surface area contributed by atoms with Crippen molar-refractivity contribution in [2.45, 2.75) is 19.7 Å². The predicted molar refractivity (Wildman–Crippen MR) is 82.2 cm³/mol. The number of carbonyl (C=O) groups excluding carboxylic acids is 1. The summed E-state index contributed by atoms with van der Waals surface area (Å²) in [5.41, 5.74) is 2.06. The van der Waals surface area contributed by atoms with Crippen LogP contribution in [0.4, 0.5) is 19.0 Å². The van der Waals surface area contributed by atoms with Crippen LogP contribution in [-0.2, 0) is 4.79 Å². The first-order chi connectivity index (χ1) is 11.2. The van der Waals surface area contributed by atoms with Crippen molar-refractivity contribution < 1.29 is 23.1 Å². The Labute approximate surface area is 136 Å². The zero-order chi connectivity index (χ0) is 17.7. The Balaban J connectivity index is 0.000000368. The lowest BCUT2D eigenvalue weighted by atomic mass is 10.1. The number of likely N-dealkylation sites (tertiary alicyclic amines) is 1. The van der Waals surface area contributed by atoms with E-state index in [0.717, 1.165) is 41.8 Å². The van der Waals surface area contributed by atoms with Gasteiger partial charge in [-0.05, 0) is 31.0 Å². The SMILES string of the molecule is Cc1ccc2c(NCC(=O)N3CCC3)ncnc2c1.OC(F)(F)F. The highest BCUT2D eigenvalue weighted by atomic mass is 19.4. The molecule has 0 radical (unpaired) electrons. The van der Waals surface area contributed by atoms with E-state index in [1.807, 2.05) is 30.0 Å². The summed E-state index contributed by atoms with van der Waals surface area (Å²) >= 11 is 0. The van der Waals surface area contributed by atoms with Gasteiger partial charge in [0.15, 0.2) is 0 Å². The van der Waals surface area contributed by atoms with Crippen molar-refractivity contribution in [3.8, 4) is 0 Å². The van der Waals surface area contributed by atoms with Crippen LogP contribution < -0.4 is 5.32 Å². The Morgan fingerprint density at radius 1 is 1.33 bits per heavy atom. The normalized spacial score (nSPS) is 13.8. The van der Waals surface area contributed by atoms with Crippen molar-refractivity contribution in [1.29, 1.82) is 0 Å². The highest BCUT2D eigenvalue weighted by Crippen LogP contribution is 2.20. The molecule has 1 aliphatic rings. The van der Waals surface area contributed by atoms with Gasteiger partial charge in [0.2, 0.25) is 5.91 Å². The van der Waals surface area contributed by atoms with E-state index in [1.165, 1.54) is 6.33 Å². The van der Waals surface area contributed by atoms with Crippen molar-refractivity contribution in [3.05, 3.63) is 30.1 Å². The van der Waals surface area contributed by atoms with Gasteiger partial charge in [-0.25, -0.2) is 9.97 Å². The van der Waals surface area contributed by atoms with E-state index in [9.17, 15) is 18.0 Å². The maximum absolute atomic E-state index is 11.8. The van der Waals surface area contributed by atoms with E-state index in [-0.39, 0.29) is 5.91 Å². The number of rotatable bonds is 3. The summed E-state index contributed by atoms with van der Waals surface area (Å²) in [5, 5.41) is 10.6. The number of hydrogen-bond acceptors (Lipinski definition) is 5. The van der Waals surface area contributed by atoms with Gasteiger partial charge in [-0.15, -0.1) is 13.2 Å². The molecule has 24 heavy (non-hydrogen) atoms. The first-order valence-electron chi connectivity index (χ1n) is 7.26. The Hall–Kier alpha value is -2.42. The summed E-state index contributed by atoms with van der Waals surface area (Å²) in [6, 6.07) is 6.02. The number of nitrogens with zero attached hydrogens (tertiary/aromatic N) is 3. The van der Waals surface area contributed by atoms with Crippen LogP contribution in [0.3, 0.4) is 0 Å². The molecular formula is C15H17F3N4O2. The molecular weight excluding hydrogens is 325 g/mol. The molecule has 130 valence electrons.